The Morgan fingerprint density at radius 2 is 1.55 bits per heavy atom. The van der Waals surface area contributed by atoms with Crippen LogP contribution in [0.1, 0.15) is 67.7 Å². The van der Waals surface area contributed by atoms with Crippen LogP contribution in [-0.4, -0.2) is 50.9 Å². The van der Waals surface area contributed by atoms with Crippen molar-refractivity contribution in [3.05, 3.63) is 89.0 Å². The minimum absolute atomic E-state index is 0.0802. The Morgan fingerprint density at radius 3 is 2.16 bits per heavy atom. The van der Waals surface area contributed by atoms with Crippen LogP contribution in [0.2, 0.25) is 0 Å². The number of nitrogens with zero attached hydrogens (tertiary/aromatic N) is 2. The van der Waals surface area contributed by atoms with Crippen LogP contribution < -0.4 is 14.4 Å². The molecular formula is C35H45N3O5S. The van der Waals surface area contributed by atoms with E-state index >= 15 is 0 Å². The van der Waals surface area contributed by atoms with Crippen LogP contribution in [0.25, 0.3) is 0 Å². The van der Waals surface area contributed by atoms with Gasteiger partial charge in [-0.2, -0.15) is 0 Å². The third kappa shape index (κ3) is 8.00. The van der Waals surface area contributed by atoms with E-state index in [0.29, 0.717) is 17.9 Å². The standard InChI is InChI=1S/C35H45N3O5S/c1-6-32(35(40)36-29-10-8-7-9-11-29)37(23-28-16-18-30(43-5)19-17-28)34(39)24-38(33-22-26(3)12-15-27(33)4)44(41,42)31-20-13-25(2)14-21-31/h12-22,29,32H,6-11,23-24H2,1-5H3,(H,36,40). The van der Waals surface area contributed by atoms with Crippen molar-refractivity contribution < 1.29 is 22.7 Å². The molecule has 0 saturated heterocycles. The highest BCUT2D eigenvalue weighted by Gasteiger charge is 2.35. The Balaban J connectivity index is 1.73. The molecule has 1 fully saturated rings. The number of hydrogen-bond donors (Lipinski definition) is 1. The summed E-state index contributed by atoms with van der Waals surface area (Å²) in [5.74, 6) is 0.0167. The molecule has 9 heteroatoms. The molecule has 44 heavy (non-hydrogen) atoms. The fourth-order valence-corrected chi connectivity index (χ4v) is 7.20. The van der Waals surface area contributed by atoms with Gasteiger partial charge in [-0.3, -0.25) is 13.9 Å². The van der Waals surface area contributed by atoms with E-state index in [1.54, 1.807) is 37.4 Å². The summed E-state index contributed by atoms with van der Waals surface area (Å²) in [4.78, 5) is 29.8. The van der Waals surface area contributed by atoms with Crippen molar-refractivity contribution in [2.45, 2.75) is 89.7 Å². The fraction of sp³-hybridized carbons (Fsp3) is 0.429. The summed E-state index contributed by atoms with van der Waals surface area (Å²) in [6, 6.07) is 18.8. The first-order valence-corrected chi connectivity index (χ1v) is 16.9. The van der Waals surface area contributed by atoms with Crippen molar-refractivity contribution in [2.24, 2.45) is 0 Å². The number of nitrogens with one attached hydrogen (secondary N) is 1. The zero-order valence-corrected chi connectivity index (χ0v) is 27.3. The molecule has 0 aliphatic heterocycles. The number of hydrogen-bond acceptors (Lipinski definition) is 5. The lowest BCUT2D eigenvalue weighted by atomic mass is 9.95. The second kappa shape index (κ2) is 14.8. The van der Waals surface area contributed by atoms with Crippen LogP contribution in [0.4, 0.5) is 5.69 Å². The zero-order valence-electron chi connectivity index (χ0n) is 26.5. The Kier molecular flexibility index (Phi) is 11.1. The summed E-state index contributed by atoms with van der Waals surface area (Å²) >= 11 is 0. The molecule has 0 aromatic heterocycles. The summed E-state index contributed by atoms with van der Waals surface area (Å²) in [5, 5.41) is 3.19. The number of amides is 2. The van der Waals surface area contributed by atoms with Crippen LogP contribution >= 0.6 is 0 Å². The Hall–Kier alpha value is -3.85. The molecule has 3 aromatic rings. The van der Waals surface area contributed by atoms with Gasteiger partial charge in [-0.1, -0.05) is 68.1 Å². The zero-order chi connectivity index (χ0) is 31.9. The Labute approximate surface area is 262 Å². The van der Waals surface area contributed by atoms with Gasteiger partial charge in [0.2, 0.25) is 11.8 Å². The van der Waals surface area contributed by atoms with Crippen molar-refractivity contribution in [3.63, 3.8) is 0 Å². The van der Waals surface area contributed by atoms with Gasteiger partial charge in [0.05, 0.1) is 17.7 Å². The van der Waals surface area contributed by atoms with Crippen LogP contribution in [0.15, 0.2) is 71.6 Å². The molecule has 0 spiro atoms. The van der Waals surface area contributed by atoms with E-state index < -0.39 is 28.5 Å². The molecule has 1 atom stereocenters. The highest BCUT2D eigenvalue weighted by Crippen LogP contribution is 2.29. The van der Waals surface area contributed by atoms with Gasteiger partial charge in [0.25, 0.3) is 10.0 Å². The second-order valence-electron chi connectivity index (χ2n) is 11.8. The lowest BCUT2D eigenvalue weighted by Gasteiger charge is -2.35. The Morgan fingerprint density at radius 1 is 0.909 bits per heavy atom. The van der Waals surface area contributed by atoms with Crippen molar-refractivity contribution >= 4 is 27.5 Å². The highest BCUT2D eigenvalue weighted by molar-refractivity contribution is 7.92. The summed E-state index contributed by atoms with van der Waals surface area (Å²) in [5.41, 5.74) is 3.77. The first-order chi connectivity index (χ1) is 21.0. The molecular weight excluding hydrogens is 574 g/mol. The van der Waals surface area contributed by atoms with Crippen molar-refractivity contribution in [1.82, 2.24) is 10.2 Å². The van der Waals surface area contributed by atoms with Crippen LogP contribution in [0.3, 0.4) is 0 Å². The number of sulfonamides is 1. The molecule has 1 unspecified atom stereocenters. The van der Waals surface area contributed by atoms with Gasteiger partial charge in [-0.25, -0.2) is 8.42 Å². The second-order valence-corrected chi connectivity index (χ2v) is 13.6. The lowest BCUT2D eigenvalue weighted by Crippen LogP contribution is -2.54. The van der Waals surface area contributed by atoms with Gasteiger partial charge in [-0.05, 0) is 87.1 Å². The van der Waals surface area contributed by atoms with E-state index in [1.807, 2.05) is 64.1 Å². The number of ether oxygens (including phenoxy) is 1. The van der Waals surface area contributed by atoms with Gasteiger partial charge in [0, 0.05) is 12.6 Å². The smallest absolute Gasteiger partial charge is 0.264 e. The third-order valence-electron chi connectivity index (χ3n) is 8.37. The van der Waals surface area contributed by atoms with E-state index in [0.717, 1.165) is 54.4 Å². The summed E-state index contributed by atoms with van der Waals surface area (Å²) < 4.78 is 34.9. The van der Waals surface area contributed by atoms with E-state index in [-0.39, 0.29) is 23.4 Å². The van der Waals surface area contributed by atoms with E-state index in [9.17, 15) is 18.0 Å². The predicted molar refractivity (Wildman–Crippen MR) is 174 cm³/mol. The number of methoxy groups -OCH3 is 1. The number of anilines is 1. The van der Waals surface area contributed by atoms with Crippen molar-refractivity contribution in [2.75, 3.05) is 18.0 Å². The molecule has 8 nitrogen and oxygen atoms in total. The van der Waals surface area contributed by atoms with Gasteiger partial charge >= 0.3 is 0 Å². The molecule has 3 aromatic carbocycles. The maximum atomic E-state index is 14.4. The molecule has 4 rings (SSSR count). The largest absolute Gasteiger partial charge is 0.497 e. The molecule has 0 heterocycles. The predicted octanol–water partition coefficient (Wildman–Crippen LogP) is 6.07. The minimum Gasteiger partial charge on any atom is -0.497 e. The van der Waals surface area contributed by atoms with Gasteiger partial charge in [0.1, 0.15) is 18.3 Å². The molecule has 1 aliphatic carbocycles. The average molecular weight is 620 g/mol. The number of rotatable bonds is 12. The summed E-state index contributed by atoms with van der Waals surface area (Å²) in [6.45, 7) is 7.18. The van der Waals surface area contributed by atoms with E-state index in [4.69, 9.17) is 4.74 Å². The third-order valence-corrected chi connectivity index (χ3v) is 10.1. The topological polar surface area (TPSA) is 96.0 Å². The SMILES string of the molecule is CCC(C(=O)NC1CCCCC1)N(Cc1ccc(OC)cc1)C(=O)CN(c1cc(C)ccc1C)S(=O)(=O)c1ccc(C)cc1. The lowest BCUT2D eigenvalue weighted by molar-refractivity contribution is -0.140. The monoisotopic (exact) mass is 619 g/mol. The molecule has 0 radical (unpaired) electrons. The van der Waals surface area contributed by atoms with Crippen LogP contribution in [-0.2, 0) is 26.2 Å². The molecule has 1 saturated carbocycles. The first kappa shape index (κ1) is 33.1. The first-order valence-electron chi connectivity index (χ1n) is 15.4. The fourth-order valence-electron chi connectivity index (χ4n) is 5.73. The minimum atomic E-state index is -4.13. The maximum Gasteiger partial charge on any atom is 0.264 e. The number of carbonyl (C=O) groups is 2. The van der Waals surface area contributed by atoms with Gasteiger partial charge in [-0.15, -0.1) is 0 Å². The maximum absolute atomic E-state index is 14.4. The number of aryl methyl sites for hydroxylation is 3. The Bertz CT molecular complexity index is 1530. The van der Waals surface area contributed by atoms with E-state index in [2.05, 4.69) is 5.32 Å². The van der Waals surface area contributed by atoms with Crippen LogP contribution in [0.5, 0.6) is 5.75 Å². The molecule has 2 amide bonds. The molecule has 1 aliphatic rings. The van der Waals surface area contributed by atoms with Gasteiger partial charge < -0.3 is 15.0 Å². The van der Waals surface area contributed by atoms with Crippen LogP contribution in [0, 0.1) is 20.8 Å². The van der Waals surface area contributed by atoms with Crippen molar-refractivity contribution in [3.8, 4) is 5.75 Å². The van der Waals surface area contributed by atoms with Crippen molar-refractivity contribution in [1.29, 1.82) is 0 Å². The normalized spacial score (nSPS) is 14.5. The molecule has 1 N–H and O–H groups in total. The quantitative estimate of drug-likeness (QED) is 0.266. The molecule has 236 valence electrons. The average Bonchev–Trinajstić information content (AvgIpc) is 3.02. The summed E-state index contributed by atoms with van der Waals surface area (Å²) in [6.07, 6.45) is 5.52. The number of carbonyl (C=O) groups excluding carboxylic acids is 2. The molecule has 0 bridgehead atoms. The highest BCUT2D eigenvalue weighted by atomic mass is 32.2. The summed E-state index contributed by atoms with van der Waals surface area (Å²) in [7, 11) is -2.54. The van der Waals surface area contributed by atoms with E-state index in [1.165, 1.54) is 9.21 Å². The van der Waals surface area contributed by atoms with Gasteiger partial charge in [0.15, 0.2) is 0 Å². The number of benzene rings is 3.